The van der Waals surface area contributed by atoms with Gasteiger partial charge in [-0.3, -0.25) is 4.79 Å². The maximum Gasteiger partial charge on any atom is 0.220 e. The highest BCUT2D eigenvalue weighted by atomic mass is 16.7. The van der Waals surface area contributed by atoms with Crippen LogP contribution in [0.1, 0.15) is 38.5 Å². The number of amides is 1. The van der Waals surface area contributed by atoms with E-state index >= 15 is 0 Å². The van der Waals surface area contributed by atoms with Crippen LogP contribution >= 0.6 is 0 Å². The van der Waals surface area contributed by atoms with Crippen molar-refractivity contribution in [3.05, 3.63) is 0 Å². The molecule has 1 unspecified atom stereocenters. The van der Waals surface area contributed by atoms with Gasteiger partial charge in [0, 0.05) is 37.9 Å². The van der Waals surface area contributed by atoms with Gasteiger partial charge in [0.25, 0.3) is 0 Å². The minimum atomic E-state index is -0.264. The van der Waals surface area contributed by atoms with Gasteiger partial charge in [-0.25, -0.2) is 0 Å². The molecule has 1 aliphatic carbocycles. The highest BCUT2D eigenvalue weighted by molar-refractivity contribution is 5.78. The number of nitrogens with one attached hydrogen (secondary N) is 2. The molecule has 3 rings (SSSR count). The molecule has 102 valence electrons. The normalized spacial score (nSPS) is 32.0. The van der Waals surface area contributed by atoms with Crippen LogP contribution < -0.4 is 10.6 Å². The van der Waals surface area contributed by atoms with Gasteiger partial charge in [0.2, 0.25) is 5.91 Å². The fourth-order valence-electron chi connectivity index (χ4n) is 3.19. The third-order valence-electron chi connectivity index (χ3n) is 4.30. The summed E-state index contributed by atoms with van der Waals surface area (Å²) in [7, 11) is 0. The van der Waals surface area contributed by atoms with Gasteiger partial charge in [-0.15, -0.1) is 0 Å². The Morgan fingerprint density at radius 2 is 1.94 bits per heavy atom. The molecule has 5 heteroatoms. The molecule has 2 saturated heterocycles. The van der Waals surface area contributed by atoms with Crippen LogP contribution in [0.25, 0.3) is 0 Å². The summed E-state index contributed by atoms with van der Waals surface area (Å²) in [5.41, 5.74) is 0. The first-order valence-electron chi connectivity index (χ1n) is 7.06. The summed E-state index contributed by atoms with van der Waals surface area (Å²) in [6.45, 7) is 2.38. The lowest BCUT2D eigenvalue weighted by Crippen LogP contribution is -2.45. The molecule has 1 saturated carbocycles. The lowest BCUT2D eigenvalue weighted by atomic mass is 9.90. The zero-order chi connectivity index (χ0) is 12.4. The van der Waals surface area contributed by atoms with Crippen molar-refractivity contribution < 1.29 is 14.3 Å². The van der Waals surface area contributed by atoms with Gasteiger partial charge < -0.3 is 20.1 Å². The largest absolute Gasteiger partial charge is 0.352 e. The van der Waals surface area contributed by atoms with Crippen molar-refractivity contribution in [2.24, 2.45) is 0 Å². The fourth-order valence-corrected chi connectivity index (χ4v) is 3.19. The average Bonchev–Trinajstić information content (AvgIpc) is 2.99. The zero-order valence-corrected chi connectivity index (χ0v) is 10.7. The van der Waals surface area contributed by atoms with Crippen molar-refractivity contribution in [1.29, 1.82) is 0 Å². The average molecular weight is 254 g/mol. The second-order valence-electron chi connectivity index (χ2n) is 5.59. The Hall–Kier alpha value is -0.650. The van der Waals surface area contributed by atoms with Gasteiger partial charge in [0.05, 0.1) is 13.2 Å². The number of rotatable bonds is 3. The van der Waals surface area contributed by atoms with E-state index in [0.717, 1.165) is 51.9 Å². The second kappa shape index (κ2) is 5.15. The lowest BCUT2D eigenvalue weighted by molar-refractivity contribution is -0.179. The van der Waals surface area contributed by atoms with Crippen LogP contribution in [0, 0.1) is 0 Å². The van der Waals surface area contributed by atoms with Crippen LogP contribution in [-0.2, 0) is 14.3 Å². The smallest absolute Gasteiger partial charge is 0.220 e. The van der Waals surface area contributed by atoms with Crippen molar-refractivity contribution in [3.63, 3.8) is 0 Å². The van der Waals surface area contributed by atoms with Crippen LogP contribution in [0.4, 0.5) is 0 Å². The maximum atomic E-state index is 11.1. The van der Waals surface area contributed by atoms with Crippen LogP contribution in [-0.4, -0.2) is 43.5 Å². The highest BCUT2D eigenvalue weighted by Crippen LogP contribution is 2.35. The molecular weight excluding hydrogens is 232 g/mol. The minimum Gasteiger partial charge on any atom is -0.352 e. The summed E-state index contributed by atoms with van der Waals surface area (Å²) >= 11 is 0. The molecule has 0 radical (unpaired) electrons. The third kappa shape index (κ3) is 2.68. The third-order valence-corrected chi connectivity index (χ3v) is 4.30. The fraction of sp³-hybridized carbons (Fsp3) is 0.923. The van der Waals surface area contributed by atoms with Crippen LogP contribution in [0.5, 0.6) is 0 Å². The van der Waals surface area contributed by atoms with Gasteiger partial charge >= 0.3 is 0 Å². The van der Waals surface area contributed by atoms with E-state index in [-0.39, 0.29) is 11.7 Å². The van der Waals surface area contributed by atoms with Gasteiger partial charge in [-0.1, -0.05) is 0 Å². The summed E-state index contributed by atoms with van der Waals surface area (Å²) < 4.78 is 11.4. The Balaban J connectivity index is 1.39. The topological polar surface area (TPSA) is 59.6 Å². The second-order valence-corrected chi connectivity index (χ2v) is 5.59. The van der Waals surface area contributed by atoms with Gasteiger partial charge in [-0.05, 0) is 19.3 Å². The van der Waals surface area contributed by atoms with E-state index in [4.69, 9.17) is 9.47 Å². The maximum absolute atomic E-state index is 11.1. The quantitative estimate of drug-likeness (QED) is 0.772. The standard InChI is InChI=1S/C13H22N2O3/c16-12-2-1-11(15-12)9-14-10-3-5-13(6-4-10)17-7-8-18-13/h10-11,14H,1-9H2,(H,15,16). The molecule has 1 atom stereocenters. The van der Waals surface area contributed by atoms with E-state index in [1.165, 1.54) is 0 Å². The Morgan fingerprint density at radius 3 is 2.56 bits per heavy atom. The molecule has 5 nitrogen and oxygen atoms in total. The lowest BCUT2D eigenvalue weighted by Gasteiger charge is -2.36. The molecule has 2 N–H and O–H groups in total. The van der Waals surface area contributed by atoms with Gasteiger partial charge in [0.1, 0.15) is 0 Å². The van der Waals surface area contributed by atoms with E-state index in [1.807, 2.05) is 0 Å². The first-order chi connectivity index (χ1) is 8.76. The summed E-state index contributed by atoms with van der Waals surface area (Å²) in [5, 5.41) is 6.56. The Morgan fingerprint density at radius 1 is 1.22 bits per heavy atom. The van der Waals surface area contributed by atoms with Crippen molar-refractivity contribution in [1.82, 2.24) is 10.6 Å². The summed E-state index contributed by atoms with van der Waals surface area (Å²) in [4.78, 5) is 11.1. The minimum absolute atomic E-state index is 0.192. The van der Waals surface area contributed by atoms with Crippen molar-refractivity contribution in [2.45, 2.75) is 56.4 Å². The number of carbonyl (C=O) groups is 1. The molecule has 3 fully saturated rings. The SMILES string of the molecule is O=C1CCC(CNC2CCC3(CC2)OCCO3)N1. The molecule has 3 aliphatic rings. The zero-order valence-electron chi connectivity index (χ0n) is 10.7. The molecular formula is C13H22N2O3. The van der Waals surface area contributed by atoms with Gasteiger partial charge in [0.15, 0.2) is 5.79 Å². The number of ether oxygens (including phenoxy) is 2. The van der Waals surface area contributed by atoms with Gasteiger partial charge in [-0.2, -0.15) is 0 Å². The number of hydrogen-bond acceptors (Lipinski definition) is 4. The van der Waals surface area contributed by atoms with Crippen molar-refractivity contribution in [3.8, 4) is 0 Å². The molecule has 1 amide bonds. The Labute approximate surface area is 108 Å². The molecule has 2 heterocycles. The molecule has 2 aliphatic heterocycles. The van der Waals surface area contributed by atoms with Crippen LogP contribution in [0.15, 0.2) is 0 Å². The highest BCUT2D eigenvalue weighted by Gasteiger charge is 2.40. The molecule has 0 bridgehead atoms. The van der Waals surface area contributed by atoms with E-state index in [9.17, 15) is 4.79 Å². The molecule has 0 aromatic heterocycles. The van der Waals surface area contributed by atoms with E-state index in [2.05, 4.69) is 10.6 Å². The molecule has 1 spiro atoms. The summed E-state index contributed by atoms with van der Waals surface area (Å²) in [5.74, 6) is -0.0723. The van der Waals surface area contributed by atoms with Crippen LogP contribution in [0.3, 0.4) is 0 Å². The van der Waals surface area contributed by atoms with Crippen molar-refractivity contribution >= 4 is 5.91 Å². The Kier molecular flexibility index (Phi) is 3.54. The predicted octanol–water partition coefficient (Wildman–Crippen LogP) is 0.540. The Bertz CT molecular complexity index is 305. The monoisotopic (exact) mass is 254 g/mol. The number of hydrogen-bond donors (Lipinski definition) is 2. The number of carbonyl (C=O) groups excluding carboxylic acids is 1. The van der Waals surface area contributed by atoms with E-state index in [1.54, 1.807) is 0 Å². The molecule has 0 aromatic carbocycles. The van der Waals surface area contributed by atoms with Crippen LogP contribution in [0.2, 0.25) is 0 Å². The van der Waals surface area contributed by atoms with E-state index in [0.29, 0.717) is 18.5 Å². The molecule has 0 aromatic rings. The first-order valence-corrected chi connectivity index (χ1v) is 7.06. The summed E-state index contributed by atoms with van der Waals surface area (Å²) in [6.07, 6.45) is 5.82. The predicted molar refractivity (Wildman–Crippen MR) is 66.1 cm³/mol. The van der Waals surface area contributed by atoms with E-state index < -0.39 is 0 Å². The first kappa shape index (κ1) is 12.4. The molecule has 18 heavy (non-hydrogen) atoms. The van der Waals surface area contributed by atoms with Crippen molar-refractivity contribution in [2.75, 3.05) is 19.8 Å². The summed E-state index contributed by atoms with van der Waals surface area (Å²) in [6, 6.07) is 0.869.